The van der Waals surface area contributed by atoms with Crippen molar-refractivity contribution in [1.82, 2.24) is 29.9 Å². The summed E-state index contributed by atoms with van der Waals surface area (Å²) >= 11 is 0. The number of hydrogen-bond acceptors (Lipinski definition) is 6. The first-order valence-corrected chi connectivity index (χ1v) is 33.6. The molecule has 20 rings (SSSR count). The van der Waals surface area contributed by atoms with Gasteiger partial charge in [0.1, 0.15) is 0 Å². The normalized spacial score (nSPS) is 11.8. The van der Waals surface area contributed by atoms with E-state index in [2.05, 4.69) is 29.9 Å². The summed E-state index contributed by atoms with van der Waals surface area (Å²) in [4.78, 5) is 109. The Morgan fingerprint density at radius 2 is 0.324 bits per heavy atom. The number of aromatic nitrogens is 6. The van der Waals surface area contributed by atoms with Crippen LogP contribution in [0.15, 0.2) is 320 Å². The van der Waals surface area contributed by atoms with E-state index in [1.807, 2.05) is 291 Å². The van der Waals surface area contributed by atoms with Gasteiger partial charge in [-0.3, -0.25) is 28.8 Å². The number of rotatable bonds is 6. The fourth-order valence-corrected chi connectivity index (χ4v) is 15.1. The second kappa shape index (κ2) is 23.3. The highest BCUT2D eigenvalue weighted by Crippen LogP contribution is 2.38. The average Bonchev–Trinajstić information content (AvgIpc) is 0.706. The molecule has 14 aromatic carbocycles. The summed E-state index contributed by atoms with van der Waals surface area (Å²) in [5.41, 5.74) is 15.7. The van der Waals surface area contributed by atoms with Crippen LogP contribution in [0.3, 0.4) is 0 Å². The van der Waals surface area contributed by atoms with Gasteiger partial charge >= 0.3 is 0 Å². The van der Waals surface area contributed by atoms with Gasteiger partial charge in [-0.2, -0.15) is 0 Å². The monoisotopic (exact) mass is 1310 g/mol. The van der Waals surface area contributed by atoms with Crippen LogP contribution in [0.2, 0.25) is 0 Å². The molecule has 12 nitrogen and oxygen atoms in total. The molecule has 0 fully saturated rings. The Kier molecular flexibility index (Phi) is 13.5. The lowest BCUT2D eigenvalue weighted by Crippen LogP contribution is -2.15. The molecule has 480 valence electrons. The van der Waals surface area contributed by atoms with Crippen molar-refractivity contribution in [2.75, 3.05) is 0 Å². The van der Waals surface area contributed by atoms with Crippen LogP contribution in [0, 0.1) is 0 Å². The molecule has 0 spiro atoms. The van der Waals surface area contributed by atoms with E-state index in [9.17, 15) is 28.8 Å². The highest BCUT2D eigenvalue weighted by Gasteiger charge is 2.25. The fraction of sp³-hybridized carbons (Fsp3) is 0. The molecule has 6 heterocycles. The van der Waals surface area contributed by atoms with Gasteiger partial charge < -0.3 is 29.9 Å². The summed E-state index contributed by atoms with van der Waals surface area (Å²) in [5.74, 6) is 0. The second-order valence-electron chi connectivity index (χ2n) is 26.0. The molecule has 0 unspecified atom stereocenters. The van der Waals surface area contributed by atoms with E-state index in [1.54, 1.807) is 0 Å². The maximum atomic E-state index is 14.8. The molecular formula is C90H54N6O6. The predicted molar refractivity (Wildman–Crippen MR) is 419 cm³/mol. The number of aromatic amines is 6. The molecule has 0 atom stereocenters. The van der Waals surface area contributed by atoms with Crippen molar-refractivity contribution in [3.05, 3.63) is 353 Å². The fourth-order valence-electron chi connectivity index (χ4n) is 15.1. The Bertz CT molecular complexity index is 6600. The van der Waals surface area contributed by atoms with E-state index in [0.29, 0.717) is 98.5 Å². The smallest absolute Gasteiger partial charge is 0.199 e. The largest absolute Gasteiger partial charge is 0.354 e. The zero-order chi connectivity index (χ0) is 68.4. The summed E-state index contributed by atoms with van der Waals surface area (Å²) in [5, 5.41) is 4.41. The Morgan fingerprint density at radius 1 is 0.147 bits per heavy atom. The minimum absolute atomic E-state index is 0.265. The van der Waals surface area contributed by atoms with E-state index < -0.39 is 0 Å². The highest BCUT2D eigenvalue weighted by atomic mass is 16.1. The standard InChI is InChI=1S/2C45H27N3O3/c49-43-31-22-28(25-10-4-1-5-11-25)16-19-34(31)46-40-37(43)41-39(45(51)32-23-29(17-20-35(32)47-41)26-12-6-2-7-13-26)42-38(40)44(50)33-24-30(18-21-36(33)48-42)27-14-8-3-9-15-27;49-43-31-19-16-28(25-10-4-1-5-11-25)22-34(31)46-40-37(43)41-39(45(51)33-21-18-30(24-36(33)47-41)27-14-8-3-9-15-27)42-38(40)44(50)32-20-17-29(23-35(32)48-42)26-12-6-2-7-13-26/h2*1-24H,(H,46,49)(H,47,51)(H,48,50). The van der Waals surface area contributed by atoms with Crippen LogP contribution >= 0.6 is 0 Å². The summed E-state index contributed by atoms with van der Waals surface area (Å²) in [7, 11) is 0. The number of hydrogen-bond donors (Lipinski definition) is 6. The lowest BCUT2D eigenvalue weighted by Gasteiger charge is -2.14. The van der Waals surface area contributed by atoms with Gasteiger partial charge in [-0.05, 0) is 140 Å². The van der Waals surface area contributed by atoms with Crippen molar-refractivity contribution < 1.29 is 0 Å². The molecule has 0 saturated heterocycles. The lowest BCUT2D eigenvalue weighted by atomic mass is 9.96. The number of pyridine rings is 6. The molecule has 0 bridgehead atoms. The van der Waals surface area contributed by atoms with Crippen LogP contribution in [0.5, 0.6) is 0 Å². The first kappa shape index (κ1) is 59.2. The molecule has 0 amide bonds. The molecular weight excluding hydrogens is 1260 g/mol. The van der Waals surface area contributed by atoms with Gasteiger partial charge in [0, 0.05) is 48.9 Å². The van der Waals surface area contributed by atoms with Gasteiger partial charge in [-0.25, -0.2) is 0 Å². The van der Waals surface area contributed by atoms with E-state index >= 15 is 0 Å². The molecule has 0 aliphatic carbocycles. The Balaban J connectivity index is 0.000000141. The van der Waals surface area contributed by atoms with Gasteiger partial charge in [0.15, 0.2) is 32.6 Å². The lowest BCUT2D eigenvalue weighted by molar-refractivity contribution is 1.44. The van der Waals surface area contributed by atoms with Gasteiger partial charge in [0.05, 0.1) is 82.0 Å². The van der Waals surface area contributed by atoms with Crippen LogP contribution in [0.25, 0.3) is 198 Å². The zero-order valence-corrected chi connectivity index (χ0v) is 54.2. The van der Waals surface area contributed by atoms with Crippen molar-refractivity contribution >= 4 is 131 Å². The van der Waals surface area contributed by atoms with Gasteiger partial charge in [-0.15, -0.1) is 0 Å². The third-order valence-electron chi connectivity index (χ3n) is 20.1. The minimum atomic E-state index is -0.267. The van der Waals surface area contributed by atoms with Crippen molar-refractivity contribution in [2.24, 2.45) is 0 Å². The summed E-state index contributed by atoms with van der Waals surface area (Å²) < 4.78 is 0. The van der Waals surface area contributed by atoms with Crippen LogP contribution < -0.4 is 32.6 Å². The SMILES string of the molecule is O=c1c2cc(-c3ccccc3)ccc2[nH]c2c1c1[nH]c3ccc(-c4ccccc4)cc3c(=O)c1c1[nH]c3ccc(-c4ccccc4)cc3c(=O)c21.O=c1c2ccc(-c3ccccc3)cc2[nH]c2c1c1[nH]c3cc(-c4ccccc4)ccc3c(=O)c1c1[nH]c3cc(-c4ccccc4)ccc3c(=O)c21. The Morgan fingerprint density at radius 3 is 0.539 bits per heavy atom. The maximum absolute atomic E-state index is 14.8. The third-order valence-corrected chi connectivity index (χ3v) is 20.1. The zero-order valence-electron chi connectivity index (χ0n) is 54.2. The quantitative estimate of drug-likeness (QED) is 0.0707. The molecule has 6 aromatic heterocycles. The van der Waals surface area contributed by atoms with E-state index in [0.717, 1.165) is 66.8 Å². The number of nitrogens with one attached hydrogen (secondary N) is 6. The Labute approximate surface area is 576 Å². The van der Waals surface area contributed by atoms with Crippen molar-refractivity contribution in [1.29, 1.82) is 0 Å². The van der Waals surface area contributed by atoms with Gasteiger partial charge in [0.2, 0.25) is 0 Å². The summed E-state index contributed by atoms with van der Waals surface area (Å²) in [6, 6.07) is 93.7. The van der Waals surface area contributed by atoms with Crippen LogP contribution in [0.4, 0.5) is 0 Å². The second-order valence-corrected chi connectivity index (χ2v) is 26.0. The third kappa shape index (κ3) is 9.46. The highest BCUT2D eigenvalue weighted by molar-refractivity contribution is 6.27. The van der Waals surface area contributed by atoms with Crippen molar-refractivity contribution in [3.8, 4) is 66.8 Å². The molecule has 6 N–H and O–H groups in total. The van der Waals surface area contributed by atoms with Gasteiger partial charge in [0.25, 0.3) is 0 Å². The van der Waals surface area contributed by atoms with Crippen molar-refractivity contribution in [3.63, 3.8) is 0 Å². The maximum Gasteiger partial charge on any atom is 0.199 e. The van der Waals surface area contributed by atoms with Crippen LogP contribution in [0.1, 0.15) is 0 Å². The molecule has 0 aliphatic heterocycles. The molecule has 0 aliphatic rings. The first-order chi connectivity index (χ1) is 50.1. The Hall–Kier alpha value is -14.1. The van der Waals surface area contributed by atoms with Gasteiger partial charge in [-0.1, -0.05) is 218 Å². The topological polar surface area (TPSA) is 197 Å². The predicted octanol–water partition coefficient (Wildman–Crippen LogP) is 19.3. The molecule has 0 radical (unpaired) electrons. The number of benzene rings is 14. The number of H-pyrrole nitrogens is 6. The van der Waals surface area contributed by atoms with E-state index in [1.165, 1.54) is 0 Å². The van der Waals surface area contributed by atoms with Crippen LogP contribution in [-0.2, 0) is 0 Å². The molecule has 20 aromatic rings. The van der Waals surface area contributed by atoms with Crippen molar-refractivity contribution in [2.45, 2.75) is 0 Å². The number of fused-ring (bicyclic) bond motifs is 18. The summed E-state index contributed by atoms with van der Waals surface area (Å²) in [6.07, 6.45) is 0. The average molecular weight is 1320 g/mol. The molecule has 102 heavy (non-hydrogen) atoms. The van der Waals surface area contributed by atoms with E-state index in [-0.39, 0.29) is 64.9 Å². The summed E-state index contributed by atoms with van der Waals surface area (Å²) in [6.45, 7) is 0. The molecule has 0 saturated carbocycles. The van der Waals surface area contributed by atoms with E-state index in [4.69, 9.17) is 0 Å². The van der Waals surface area contributed by atoms with Crippen LogP contribution in [-0.4, -0.2) is 29.9 Å². The first-order valence-electron chi connectivity index (χ1n) is 33.6. The minimum Gasteiger partial charge on any atom is -0.354 e. The molecule has 12 heteroatoms.